The molecule has 0 fully saturated rings. The highest BCUT2D eigenvalue weighted by Gasteiger charge is 2.16. The van der Waals surface area contributed by atoms with Crippen molar-refractivity contribution in [3.63, 3.8) is 0 Å². The summed E-state index contributed by atoms with van der Waals surface area (Å²) in [4.78, 5) is 9.19. The molecule has 0 spiro atoms. The van der Waals surface area contributed by atoms with Crippen molar-refractivity contribution in [2.75, 3.05) is 7.05 Å². The molecule has 2 heterocycles. The Hall–Kier alpha value is -1.68. The van der Waals surface area contributed by atoms with Crippen molar-refractivity contribution in [1.29, 1.82) is 0 Å². The van der Waals surface area contributed by atoms with Crippen LogP contribution in [-0.4, -0.2) is 21.6 Å². The van der Waals surface area contributed by atoms with Gasteiger partial charge in [-0.05, 0) is 44.9 Å². The number of aromatic nitrogens is 3. The van der Waals surface area contributed by atoms with Gasteiger partial charge in [0.05, 0.1) is 11.4 Å². The molecule has 0 saturated heterocycles. The lowest BCUT2D eigenvalue weighted by Gasteiger charge is -2.13. The Morgan fingerprint density at radius 1 is 1.28 bits per heavy atom. The summed E-state index contributed by atoms with van der Waals surface area (Å²) >= 11 is 0. The summed E-state index contributed by atoms with van der Waals surface area (Å²) in [5.74, 6) is 0.985. The van der Waals surface area contributed by atoms with E-state index in [9.17, 15) is 0 Å². The molecule has 0 amide bonds. The van der Waals surface area contributed by atoms with E-state index in [0.717, 1.165) is 30.9 Å². The molecule has 18 heavy (non-hydrogen) atoms. The van der Waals surface area contributed by atoms with E-state index in [2.05, 4.69) is 32.0 Å². The van der Waals surface area contributed by atoms with Crippen LogP contribution < -0.4 is 5.32 Å². The van der Waals surface area contributed by atoms with E-state index in [4.69, 9.17) is 0 Å². The van der Waals surface area contributed by atoms with E-state index >= 15 is 0 Å². The second kappa shape index (κ2) is 4.90. The van der Waals surface area contributed by atoms with Gasteiger partial charge in [-0.1, -0.05) is 6.07 Å². The van der Waals surface area contributed by atoms with Gasteiger partial charge in [-0.15, -0.1) is 0 Å². The van der Waals surface area contributed by atoms with Crippen LogP contribution in [0.2, 0.25) is 0 Å². The summed E-state index contributed by atoms with van der Waals surface area (Å²) in [5.41, 5.74) is 3.66. The second-order valence-electron chi connectivity index (χ2n) is 4.73. The number of imidazole rings is 1. The van der Waals surface area contributed by atoms with Crippen molar-refractivity contribution in [3.05, 3.63) is 41.6 Å². The van der Waals surface area contributed by atoms with Crippen LogP contribution in [0.5, 0.6) is 0 Å². The molecule has 4 nitrogen and oxygen atoms in total. The maximum atomic E-state index is 4.67. The molecule has 0 aliphatic heterocycles. The van der Waals surface area contributed by atoms with Crippen molar-refractivity contribution in [1.82, 2.24) is 19.9 Å². The van der Waals surface area contributed by atoms with E-state index in [-0.39, 0.29) is 0 Å². The number of fused-ring (bicyclic) bond motifs is 1. The Bertz CT molecular complexity index is 544. The minimum atomic E-state index is 0.796. The highest BCUT2D eigenvalue weighted by Crippen LogP contribution is 2.22. The van der Waals surface area contributed by atoms with Gasteiger partial charge in [0, 0.05) is 12.2 Å². The Morgan fingerprint density at radius 2 is 2.17 bits per heavy atom. The first-order valence-corrected chi connectivity index (χ1v) is 6.54. The lowest BCUT2D eigenvalue weighted by atomic mass is 10.0. The van der Waals surface area contributed by atoms with Crippen molar-refractivity contribution in [3.8, 4) is 5.82 Å². The van der Waals surface area contributed by atoms with Gasteiger partial charge in [0.25, 0.3) is 0 Å². The summed E-state index contributed by atoms with van der Waals surface area (Å²) in [6, 6.07) is 6.16. The number of hydrogen-bond donors (Lipinski definition) is 1. The van der Waals surface area contributed by atoms with Crippen molar-refractivity contribution >= 4 is 0 Å². The largest absolute Gasteiger partial charge is 0.314 e. The maximum Gasteiger partial charge on any atom is 0.138 e. The standard InChI is InChI=1S/C14H18N4/c1-15-9-11-5-4-8-14(17-11)18-10-16-12-6-2-3-7-13(12)18/h4-5,8,10,15H,2-3,6-7,9H2,1H3. The van der Waals surface area contributed by atoms with Crippen LogP contribution in [0.15, 0.2) is 24.5 Å². The predicted octanol–water partition coefficient (Wildman–Crippen LogP) is 1.87. The second-order valence-corrected chi connectivity index (χ2v) is 4.73. The molecule has 0 saturated carbocycles. The molecule has 2 aromatic rings. The van der Waals surface area contributed by atoms with Crippen LogP contribution in [0.4, 0.5) is 0 Å². The van der Waals surface area contributed by atoms with E-state index in [1.165, 1.54) is 24.2 Å². The average molecular weight is 242 g/mol. The molecule has 3 rings (SSSR count). The van der Waals surface area contributed by atoms with Gasteiger partial charge >= 0.3 is 0 Å². The van der Waals surface area contributed by atoms with Crippen molar-refractivity contribution in [2.45, 2.75) is 32.2 Å². The zero-order chi connectivity index (χ0) is 12.4. The maximum absolute atomic E-state index is 4.67. The number of nitrogens with zero attached hydrogens (tertiary/aromatic N) is 3. The zero-order valence-electron chi connectivity index (χ0n) is 10.7. The number of hydrogen-bond acceptors (Lipinski definition) is 3. The molecule has 0 unspecified atom stereocenters. The van der Waals surface area contributed by atoms with E-state index in [1.807, 2.05) is 19.4 Å². The van der Waals surface area contributed by atoms with Gasteiger partial charge in [-0.2, -0.15) is 0 Å². The third-order valence-electron chi connectivity index (χ3n) is 3.43. The summed E-state index contributed by atoms with van der Waals surface area (Å²) in [6.45, 7) is 0.796. The molecule has 1 aliphatic rings. The van der Waals surface area contributed by atoms with Crippen LogP contribution in [0.3, 0.4) is 0 Å². The Labute approximate surface area is 107 Å². The van der Waals surface area contributed by atoms with Crippen LogP contribution in [0, 0.1) is 0 Å². The van der Waals surface area contributed by atoms with Gasteiger partial charge in [0.15, 0.2) is 0 Å². The summed E-state index contributed by atoms with van der Waals surface area (Å²) < 4.78 is 2.15. The minimum absolute atomic E-state index is 0.796. The first-order valence-electron chi connectivity index (χ1n) is 6.54. The van der Waals surface area contributed by atoms with Crippen LogP contribution in [0.1, 0.15) is 29.9 Å². The van der Waals surface area contributed by atoms with Crippen molar-refractivity contribution < 1.29 is 0 Å². The Morgan fingerprint density at radius 3 is 3.06 bits per heavy atom. The fourth-order valence-corrected chi connectivity index (χ4v) is 2.55. The first kappa shape index (κ1) is 11.4. The Kier molecular flexibility index (Phi) is 3.11. The summed E-state index contributed by atoms with van der Waals surface area (Å²) in [6.07, 6.45) is 6.67. The van der Waals surface area contributed by atoms with Gasteiger partial charge in [0.2, 0.25) is 0 Å². The van der Waals surface area contributed by atoms with E-state index < -0.39 is 0 Å². The number of rotatable bonds is 3. The summed E-state index contributed by atoms with van der Waals surface area (Å²) in [5, 5.41) is 3.13. The fourth-order valence-electron chi connectivity index (χ4n) is 2.55. The smallest absolute Gasteiger partial charge is 0.138 e. The van der Waals surface area contributed by atoms with E-state index in [0.29, 0.717) is 0 Å². The van der Waals surface area contributed by atoms with Crippen LogP contribution >= 0.6 is 0 Å². The molecular formula is C14H18N4. The topological polar surface area (TPSA) is 42.7 Å². The third-order valence-corrected chi connectivity index (χ3v) is 3.43. The number of nitrogens with one attached hydrogen (secondary N) is 1. The quantitative estimate of drug-likeness (QED) is 0.893. The van der Waals surface area contributed by atoms with Gasteiger partial charge < -0.3 is 5.32 Å². The molecule has 4 heteroatoms. The average Bonchev–Trinajstić information content (AvgIpc) is 2.83. The monoisotopic (exact) mass is 242 g/mol. The van der Waals surface area contributed by atoms with Crippen LogP contribution in [-0.2, 0) is 19.4 Å². The van der Waals surface area contributed by atoms with Crippen LogP contribution in [0.25, 0.3) is 5.82 Å². The van der Waals surface area contributed by atoms with E-state index in [1.54, 1.807) is 0 Å². The lowest BCUT2D eigenvalue weighted by molar-refractivity contribution is 0.653. The first-order chi connectivity index (χ1) is 8.88. The molecule has 2 aromatic heterocycles. The fraction of sp³-hybridized carbons (Fsp3) is 0.429. The highest BCUT2D eigenvalue weighted by atomic mass is 15.1. The van der Waals surface area contributed by atoms with Gasteiger partial charge in [0.1, 0.15) is 12.1 Å². The SMILES string of the molecule is CNCc1cccc(-n2cnc3c2CCCC3)n1. The van der Waals surface area contributed by atoms with Crippen molar-refractivity contribution in [2.24, 2.45) is 0 Å². The lowest BCUT2D eigenvalue weighted by Crippen LogP contribution is -2.11. The number of pyridine rings is 1. The third kappa shape index (κ3) is 2.04. The molecule has 0 atom stereocenters. The molecule has 1 aliphatic carbocycles. The normalized spacial score (nSPS) is 14.5. The Balaban J connectivity index is 1.99. The molecule has 1 N–H and O–H groups in total. The van der Waals surface area contributed by atoms with Gasteiger partial charge in [-0.25, -0.2) is 9.97 Å². The minimum Gasteiger partial charge on any atom is -0.314 e. The molecule has 0 bridgehead atoms. The molecule has 0 radical (unpaired) electrons. The molecule has 0 aromatic carbocycles. The highest BCUT2D eigenvalue weighted by molar-refractivity contribution is 5.31. The van der Waals surface area contributed by atoms with Gasteiger partial charge in [-0.3, -0.25) is 4.57 Å². The predicted molar refractivity (Wildman–Crippen MR) is 70.8 cm³/mol. The zero-order valence-corrected chi connectivity index (χ0v) is 10.7. The summed E-state index contributed by atoms with van der Waals surface area (Å²) in [7, 11) is 1.94. The molecule has 94 valence electrons. The molecular weight excluding hydrogens is 224 g/mol. The number of aryl methyl sites for hydroxylation is 1.